The largest absolute Gasteiger partial charge is 0.493 e. The molecule has 0 radical (unpaired) electrons. The van der Waals surface area contributed by atoms with Gasteiger partial charge in [0.15, 0.2) is 0 Å². The first-order valence-corrected chi connectivity index (χ1v) is 8.69. The number of benzene rings is 2. The van der Waals surface area contributed by atoms with Gasteiger partial charge in [0, 0.05) is 25.6 Å². The standard InChI is InChI=1S/C20H25NO2.CH2O.H2/c1-3-23-20-7-5-4-6-18(20)16-10-8-15(9-11-16)17-12-13-22-14-19(17)21-2;1-2;/h4-11,17,19,21H,3,12-14H2,1-2H3;1H2;1H/t17-,19-;;/m1../s1. The van der Waals surface area contributed by atoms with E-state index < -0.39 is 0 Å². The van der Waals surface area contributed by atoms with Crippen molar-refractivity contribution in [3.63, 3.8) is 0 Å². The summed E-state index contributed by atoms with van der Waals surface area (Å²) >= 11 is 0. The zero-order chi connectivity index (χ0) is 18.1. The molecule has 0 amide bonds. The Morgan fingerprint density at radius 2 is 1.92 bits per heavy atom. The number of ether oxygens (including phenoxy) is 2. The number of carbonyl (C=O) groups is 1. The molecule has 25 heavy (non-hydrogen) atoms. The predicted octanol–water partition coefficient (Wildman–Crippen LogP) is 3.91. The molecule has 1 saturated heterocycles. The average molecular weight is 343 g/mol. The van der Waals surface area contributed by atoms with E-state index in [1.165, 1.54) is 11.1 Å². The predicted molar refractivity (Wildman–Crippen MR) is 103 cm³/mol. The van der Waals surface area contributed by atoms with Gasteiger partial charge in [-0.2, -0.15) is 0 Å². The number of carbonyl (C=O) groups excluding carboxylic acids is 1. The summed E-state index contributed by atoms with van der Waals surface area (Å²) < 4.78 is 11.3. The number of hydrogen-bond acceptors (Lipinski definition) is 4. The molecule has 0 aliphatic carbocycles. The van der Waals surface area contributed by atoms with Gasteiger partial charge in [-0.1, -0.05) is 42.5 Å². The summed E-state index contributed by atoms with van der Waals surface area (Å²) in [6.07, 6.45) is 1.07. The van der Waals surface area contributed by atoms with E-state index in [0.29, 0.717) is 18.6 Å². The van der Waals surface area contributed by atoms with Crippen LogP contribution in [0.5, 0.6) is 5.75 Å². The molecule has 1 fully saturated rings. The molecule has 136 valence electrons. The summed E-state index contributed by atoms with van der Waals surface area (Å²) in [5.41, 5.74) is 3.73. The molecule has 1 heterocycles. The van der Waals surface area contributed by atoms with Gasteiger partial charge in [0.05, 0.1) is 13.2 Å². The first-order valence-electron chi connectivity index (χ1n) is 8.69. The second-order valence-electron chi connectivity index (χ2n) is 5.92. The van der Waals surface area contributed by atoms with Gasteiger partial charge in [0.1, 0.15) is 12.5 Å². The number of hydrogen-bond donors (Lipinski definition) is 1. The van der Waals surface area contributed by atoms with Crippen molar-refractivity contribution in [2.24, 2.45) is 0 Å². The first-order chi connectivity index (χ1) is 12.3. The summed E-state index contributed by atoms with van der Waals surface area (Å²) in [5, 5.41) is 3.38. The highest BCUT2D eigenvalue weighted by Crippen LogP contribution is 2.33. The Morgan fingerprint density at radius 3 is 2.60 bits per heavy atom. The highest BCUT2D eigenvalue weighted by molar-refractivity contribution is 5.70. The van der Waals surface area contributed by atoms with Crippen LogP contribution in [0.25, 0.3) is 11.1 Å². The Labute approximate surface area is 151 Å². The fourth-order valence-electron chi connectivity index (χ4n) is 3.32. The van der Waals surface area contributed by atoms with Gasteiger partial charge in [-0.15, -0.1) is 0 Å². The number of para-hydroxylation sites is 1. The summed E-state index contributed by atoms with van der Waals surface area (Å²) in [6, 6.07) is 17.5. The third-order valence-corrected chi connectivity index (χ3v) is 4.56. The van der Waals surface area contributed by atoms with E-state index in [-0.39, 0.29) is 1.43 Å². The molecule has 2 aromatic carbocycles. The molecular formula is C21H29NO3. The lowest BCUT2D eigenvalue weighted by molar-refractivity contribution is -0.0979. The van der Waals surface area contributed by atoms with E-state index in [4.69, 9.17) is 14.3 Å². The molecule has 1 N–H and O–H groups in total. The van der Waals surface area contributed by atoms with Crippen LogP contribution in [0, 0.1) is 0 Å². The Balaban J connectivity index is 0.00000109. The van der Waals surface area contributed by atoms with Crippen LogP contribution < -0.4 is 10.1 Å². The lowest BCUT2D eigenvalue weighted by atomic mass is 9.87. The second-order valence-corrected chi connectivity index (χ2v) is 5.92. The van der Waals surface area contributed by atoms with Crippen molar-refractivity contribution in [2.75, 3.05) is 26.9 Å². The van der Waals surface area contributed by atoms with Crippen LogP contribution in [-0.2, 0) is 9.53 Å². The molecule has 2 atom stereocenters. The molecule has 3 rings (SSSR count). The van der Waals surface area contributed by atoms with Crippen molar-refractivity contribution >= 4 is 6.79 Å². The van der Waals surface area contributed by atoms with Crippen LogP contribution >= 0.6 is 0 Å². The monoisotopic (exact) mass is 343 g/mol. The Hall–Kier alpha value is -2.17. The van der Waals surface area contributed by atoms with Crippen LogP contribution in [-0.4, -0.2) is 39.7 Å². The number of nitrogens with one attached hydrogen (secondary N) is 1. The minimum absolute atomic E-state index is 0. The number of rotatable bonds is 5. The lowest BCUT2D eigenvalue weighted by Gasteiger charge is -2.31. The van der Waals surface area contributed by atoms with Crippen molar-refractivity contribution in [3.8, 4) is 16.9 Å². The third-order valence-electron chi connectivity index (χ3n) is 4.56. The molecule has 0 spiro atoms. The minimum Gasteiger partial charge on any atom is -0.493 e. The van der Waals surface area contributed by atoms with Crippen LogP contribution in [0.4, 0.5) is 0 Å². The molecule has 1 aliphatic rings. The second kappa shape index (κ2) is 9.97. The molecule has 0 unspecified atom stereocenters. The molecule has 2 aromatic rings. The van der Waals surface area contributed by atoms with Crippen LogP contribution in [0.3, 0.4) is 0 Å². The molecule has 0 bridgehead atoms. The van der Waals surface area contributed by atoms with Crippen LogP contribution in [0.2, 0.25) is 0 Å². The Bertz CT molecular complexity index is 648. The Kier molecular flexibility index (Phi) is 7.64. The van der Waals surface area contributed by atoms with Crippen molar-refractivity contribution in [3.05, 3.63) is 54.1 Å². The van der Waals surface area contributed by atoms with E-state index in [0.717, 1.165) is 30.9 Å². The maximum Gasteiger partial charge on any atom is 0.127 e. The summed E-state index contributed by atoms with van der Waals surface area (Å²) in [5.74, 6) is 1.46. The summed E-state index contributed by atoms with van der Waals surface area (Å²) in [6.45, 7) is 6.33. The zero-order valence-electron chi connectivity index (χ0n) is 15.0. The third kappa shape index (κ3) is 4.68. The van der Waals surface area contributed by atoms with E-state index >= 15 is 0 Å². The van der Waals surface area contributed by atoms with E-state index in [9.17, 15) is 0 Å². The minimum atomic E-state index is 0. The van der Waals surface area contributed by atoms with Gasteiger partial charge in [-0.25, -0.2) is 0 Å². The summed E-state index contributed by atoms with van der Waals surface area (Å²) in [4.78, 5) is 8.00. The molecule has 0 aromatic heterocycles. The maximum atomic E-state index is 8.00. The number of likely N-dealkylation sites (N-methyl/N-ethyl adjacent to an activating group) is 1. The van der Waals surface area contributed by atoms with Crippen molar-refractivity contribution in [2.45, 2.75) is 25.3 Å². The van der Waals surface area contributed by atoms with Gasteiger partial charge >= 0.3 is 0 Å². The van der Waals surface area contributed by atoms with E-state index in [2.05, 4.69) is 41.7 Å². The van der Waals surface area contributed by atoms with E-state index in [1.54, 1.807) is 0 Å². The normalized spacial score (nSPS) is 19.6. The molecule has 1 aliphatic heterocycles. The summed E-state index contributed by atoms with van der Waals surface area (Å²) in [7, 11) is 2.01. The molecular weight excluding hydrogens is 314 g/mol. The van der Waals surface area contributed by atoms with Gasteiger partial charge < -0.3 is 19.6 Å². The lowest BCUT2D eigenvalue weighted by Crippen LogP contribution is -2.40. The maximum absolute atomic E-state index is 8.00. The van der Waals surface area contributed by atoms with Gasteiger partial charge in [0.25, 0.3) is 0 Å². The fourth-order valence-corrected chi connectivity index (χ4v) is 3.32. The van der Waals surface area contributed by atoms with Crippen molar-refractivity contribution in [1.82, 2.24) is 5.32 Å². The first kappa shape index (κ1) is 19.2. The van der Waals surface area contributed by atoms with Gasteiger partial charge in [0.2, 0.25) is 0 Å². The quantitative estimate of drug-likeness (QED) is 0.894. The molecule has 4 heteroatoms. The van der Waals surface area contributed by atoms with Crippen molar-refractivity contribution in [1.29, 1.82) is 0 Å². The highest BCUT2D eigenvalue weighted by atomic mass is 16.5. The van der Waals surface area contributed by atoms with Crippen LogP contribution in [0.1, 0.15) is 26.3 Å². The topological polar surface area (TPSA) is 47.6 Å². The average Bonchev–Trinajstić information content (AvgIpc) is 2.70. The fraction of sp³-hybridized carbons (Fsp3) is 0.381. The van der Waals surface area contributed by atoms with Crippen molar-refractivity contribution < 1.29 is 15.7 Å². The van der Waals surface area contributed by atoms with E-state index in [1.807, 2.05) is 32.9 Å². The Morgan fingerprint density at radius 1 is 1.20 bits per heavy atom. The highest BCUT2D eigenvalue weighted by Gasteiger charge is 2.25. The molecule has 0 saturated carbocycles. The van der Waals surface area contributed by atoms with Crippen LogP contribution in [0.15, 0.2) is 48.5 Å². The van der Waals surface area contributed by atoms with Gasteiger partial charge in [-0.05, 0) is 37.6 Å². The smallest absolute Gasteiger partial charge is 0.127 e. The zero-order valence-corrected chi connectivity index (χ0v) is 15.0. The SMILES string of the molecule is C=O.CCOc1ccccc1-c1ccc([C@H]2CCOC[C@H]2NC)cc1.[HH]. The molecule has 4 nitrogen and oxygen atoms in total. The van der Waals surface area contributed by atoms with Gasteiger partial charge in [-0.3, -0.25) is 0 Å².